The van der Waals surface area contributed by atoms with Crippen molar-refractivity contribution in [1.29, 1.82) is 0 Å². The molecule has 0 saturated heterocycles. The van der Waals surface area contributed by atoms with Crippen LogP contribution in [0.1, 0.15) is 18.9 Å². The first-order valence-corrected chi connectivity index (χ1v) is 6.94. The Kier molecular flexibility index (Phi) is 7.04. The van der Waals surface area contributed by atoms with Gasteiger partial charge in [-0.2, -0.15) is 0 Å². The third kappa shape index (κ3) is 5.59. The molecule has 0 spiro atoms. The molecule has 0 bridgehead atoms. The van der Waals surface area contributed by atoms with Crippen molar-refractivity contribution in [3.8, 4) is 0 Å². The lowest BCUT2D eigenvalue weighted by molar-refractivity contribution is -0.116. The Balaban J connectivity index is 2.45. The van der Waals surface area contributed by atoms with Crippen LogP contribution in [0.15, 0.2) is 18.2 Å². The van der Waals surface area contributed by atoms with Crippen molar-refractivity contribution in [1.82, 2.24) is 4.90 Å². The summed E-state index contributed by atoms with van der Waals surface area (Å²) in [6.07, 6.45) is 0.464. The minimum atomic E-state index is 0.00886. The predicted molar refractivity (Wildman–Crippen MR) is 82.8 cm³/mol. The van der Waals surface area contributed by atoms with E-state index in [0.717, 1.165) is 30.9 Å². The lowest BCUT2D eigenvalue weighted by Crippen LogP contribution is -2.30. The van der Waals surface area contributed by atoms with E-state index in [9.17, 15) is 4.79 Å². The van der Waals surface area contributed by atoms with Crippen LogP contribution in [0.5, 0.6) is 0 Å². The van der Waals surface area contributed by atoms with E-state index in [2.05, 4.69) is 17.1 Å². The number of methoxy groups -OCH3 is 1. The van der Waals surface area contributed by atoms with Gasteiger partial charge in [0.05, 0.1) is 6.61 Å². The van der Waals surface area contributed by atoms with Crippen LogP contribution >= 0.6 is 0 Å². The first-order valence-electron chi connectivity index (χ1n) is 6.94. The van der Waals surface area contributed by atoms with Crippen LogP contribution in [0, 0.1) is 6.92 Å². The highest BCUT2D eigenvalue weighted by atomic mass is 16.5. The highest BCUT2D eigenvalue weighted by Crippen LogP contribution is 2.18. The Hall–Kier alpha value is -1.59. The number of likely N-dealkylation sites (N-methyl/N-ethyl adjacent to an activating group) is 1. The Bertz CT molecular complexity index is 435. The van der Waals surface area contributed by atoms with Crippen LogP contribution in [-0.2, 0) is 9.53 Å². The quantitative estimate of drug-likeness (QED) is 0.713. The molecule has 112 valence electrons. The smallest absolute Gasteiger partial charge is 0.225 e. The van der Waals surface area contributed by atoms with E-state index in [-0.39, 0.29) is 5.91 Å². The van der Waals surface area contributed by atoms with Gasteiger partial charge < -0.3 is 20.7 Å². The van der Waals surface area contributed by atoms with Crippen molar-refractivity contribution < 1.29 is 9.53 Å². The fraction of sp³-hybridized carbons (Fsp3) is 0.533. The average molecular weight is 279 g/mol. The van der Waals surface area contributed by atoms with Crippen LogP contribution in [0.2, 0.25) is 0 Å². The maximum Gasteiger partial charge on any atom is 0.225 e. The molecule has 0 unspecified atom stereocenters. The van der Waals surface area contributed by atoms with Crippen LogP contribution in [-0.4, -0.2) is 44.2 Å². The third-order valence-corrected chi connectivity index (χ3v) is 3.25. The number of benzene rings is 1. The molecule has 3 N–H and O–H groups in total. The number of nitrogens with one attached hydrogen (secondary N) is 1. The molecule has 0 radical (unpaired) electrons. The number of amides is 1. The van der Waals surface area contributed by atoms with Gasteiger partial charge in [0.15, 0.2) is 0 Å². The standard InChI is InChI=1S/C15H25N3O2/c1-4-18(9-10-20-3)8-7-15(19)17-14-11-13(16)6-5-12(14)2/h5-6,11H,4,7-10,16H2,1-3H3,(H,17,19). The molecule has 20 heavy (non-hydrogen) atoms. The predicted octanol–water partition coefficient (Wildman–Crippen LogP) is 1.87. The monoisotopic (exact) mass is 279 g/mol. The molecule has 1 amide bonds. The summed E-state index contributed by atoms with van der Waals surface area (Å²) in [6.45, 7) is 7.20. The number of hydrogen-bond acceptors (Lipinski definition) is 4. The molecule has 1 rings (SSSR count). The normalized spacial score (nSPS) is 10.8. The fourth-order valence-electron chi connectivity index (χ4n) is 1.90. The van der Waals surface area contributed by atoms with Gasteiger partial charge in [-0.25, -0.2) is 0 Å². The molecule has 1 aromatic rings. The maximum atomic E-state index is 12.0. The second kappa shape index (κ2) is 8.55. The van der Waals surface area contributed by atoms with Gasteiger partial charge in [0.1, 0.15) is 0 Å². The van der Waals surface area contributed by atoms with E-state index < -0.39 is 0 Å². The number of carbonyl (C=O) groups is 1. The molecule has 0 fully saturated rings. The lowest BCUT2D eigenvalue weighted by atomic mass is 10.2. The fourth-order valence-corrected chi connectivity index (χ4v) is 1.90. The summed E-state index contributed by atoms with van der Waals surface area (Å²) in [5.41, 5.74) is 8.18. The molecular weight excluding hydrogens is 254 g/mol. The molecule has 0 saturated carbocycles. The van der Waals surface area contributed by atoms with Gasteiger partial charge in [-0.3, -0.25) is 4.79 Å². The number of nitrogen functional groups attached to an aromatic ring is 1. The zero-order chi connectivity index (χ0) is 15.0. The summed E-state index contributed by atoms with van der Waals surface area (Å²) < 4.78 is 5.05. The van der Waals surface area contributed by atoms with Crippen molar-refractivity contribution in [3.63, 3.8) is 0 Å². The van der Waals surface area contributed by atoms with Crippen LogP contribution in [0.3, 0.4) is 0 Å². The molecule has 0 atom stereocenters. The number of rotatable bonds is 8. The van der Waals surface area contributed by atoms with E-state index >= 15 is 0 Å². The van der Waals surface area contributed by atoms with Crippen molar-refractivity contribution in [3.05, 3.63) is 23.8 Å². The summed E-state index contributed by atoms with van der Waals surface area (Å²) in [5.74, 6) is 0.00886. The first kappa shape index (κ1) is 16.5. The van der Waals surface area contributed by atoms with E-state index in [1.807, 2.05) is 19.1 Å². The van der Waals surface area contributed by atoms with Gasteiger partial charge in [-0.1, -0.05) is 13.0 Å². The summed E-state index contributed by atoms with van der Waals surface area (Å²) >= 11 is 0. The van der Waals surface area contributed by atoms with E-state index in [0.29, 0.717) is 18.7 Å². The number of carbonyl (C=O) groups excluding carboxylic acids is 1. The maximum absolute atomic E-state index is 12.0. The zero-order valence-electron chi connectivity index (χ0n) is 12.6. The summed E-state index contributed by atoms with van der Waals surface area (Å²) in [7, 11) is 1.68. The summed E-state index contributed by atoms with van der Waals surface area (Å²) in [5, 5.41) is 2.91. The number of aryl methyl sites for hydroxylation is 1. The summed E-state index contributed by atoms with van der Waals surface area (Å²) in [4.78, 5) is 14.2. The van der Waals surface area contributed by atoms with Crippen molar-refractivity contribution in [2.24, 2.45) is 0 Å². The molecule has 0 aliphatic heterocycles. The highest BCUT2D eigenvalue weighted by molar-refractivity contribution is 5.92. The largest absolute Gasteiger partial charge is 0.399 e. The van der Waals surface area contributed by atoms with Gasteiger partial charge in [-0.15, -0.1) is 0 Å². The van der Waals surface area contributed by atoms with E-state index in [4.69, 9.17) is 10.5 Å². The molecule has 0 aliphatic carbocycles. The number of nitrogens with zero attached hydrogens (tertiary/aromatic N) is 1. The summed E-state index contributed by atoms with van der Waals surface area (Å²) in [6, 6.07) is 5.52. The molecule has 0 heterocycles. The van der Waals surface area contributed by atoms with Gasteiger partial charge in [-0.05, 0) is 31.2 Å². The van der Waals surface area contributed by atoms with Crippen LogP contribution in [0.25, 0.3) is 0 Å². The zero-order valence-corrected chi connectivity index (χ0v) is 12.6. The van der Waals surface area contributed by atoms with Crippen molar-refractivity contribution >= 4 is 17.3 Å². The van der Waals surface area contributed by atoms with Crippen molar-refractivity contribution in [2.45, 2.75) is 20.3 Å². The van der Waals surface area contributed by atoms with Gasteiger partial charge in [0, 0.05) is 38.0 Å². The molecular formula is C15H25N3O2. The second-order valence-electron chi connectivity index (χ2n) is 4.80. The Labute approximate surface area is 121 Å². The van der Waals surface area contributed by atoms with Crippen molar-refractivity contribution in [2.75, 3.05) is 44.4 Å². The number of anilines is 2. The second-order valence-corrected chi connectivity index (χ2v) is 4.80. The van der Waals surface area contributed by atoms with Crippen LogP contribution in [0.4, 0.5) is 11.4 Å². The Morgan fingerprint density at radius 2 is 2.15 bits per heavy atom. The molecule has 0 aliphatic rings. The Morgan fingerprint density at radius 3 is 2.80 bits per heavy atom. The lowest BCUT2D eigenvalue weighted by Gasteiger charge is -2.19. The molecule has 5 heteroatoms. The van der Waals surface area contributed by atoms with Gasteiger partial charge >= 0.3 is 0 Å². The van der Waals surface area contributed by atoms with E-state index in [1.54, 1.807) is 13.2 Å². The minimum absolute atomic E-state index is 0.00886. The van der Waals surface area contributed by atoms with Crippen LogP contribution < -0.4 is 11.1 Å². The minimum Gasteiger partial charge on any atom is -0.399 e. The first-order chi connectivity index (χ1) is 9.56. The highest BCUT2D eigenvalue weighted by Gasteiger charge is 2.08. The number of hydrogen-bond donors (Lipinski definition) is 2. The third-order valence-electron chi connectivity index (χ3n) is 3.25. The molecule has 0 aromatic heterocycles. The average Bonchev–Trinajstić information content (AvgIpc) is 2.43. The molecule has 5 nitrogen and oxygen atoms in total. The van der Waals surface area contributed by atoms with E-state index in [1.165, 1.54) is 0 Å². The number of nitrogens with two attached hydrogens (primary N) is 1. The van der Waals surface area contributed by atoms with Gasteiger partial charge in [0.2, 0.25) is 5.91 Å². The molecule has 1 aromatic carbocycles. The SMILES string of the molecule is CCN(CCOC)CCC(=O)Nc1cc(N)ccc1C. The topological polar surface area (TPSA) is 67.6 Å². The Morgan fingerprint density at radius 1 is 1.40 bits per heavy atom. The number of ether oxygens (including phenoxy) is 1. The van der Waals surface area contributed by atoms with Gasteiger partial charge in [0.25, 0.3) is 0 Å².